The van der Waals surface area contributed by atoms with Gasteiger partial charge in [-0.3, -0.25) is 0 Å². The molecule has 0 aromatic heterocycles. The number of benzene rings is 1. The Morgan fingerprint density at radius 1 is 1.31 bits per heavy atom. The van der Waals surface area contributed by atoms with Crippen LogP contribution in [0.25, 0.3) is 0 Å². The number of ether oxygens (including phenoxy) is 1. The molecule has 0 spiro atoms. The van der Waals surface area contributed by atoms with Crippen LogP contribution in [0.3, 0.4) is 0 Å². The van der Waals surface area contributed by atoms with Gasteiger partial charge in [-0.25, -0.2) is 0 Å². The Labute approximate surface area is 101 Å². The van der Waals surface area contributed by atoms with Gasteiger partial charge in [-0.1, -0.05) is 6.07 Å². The predicted molar refractivity (Wildman–Crippen MR) is 67.2 cm³/mol. The fourth-order valence-corrected chi connectivity index (χ4v) is 1.84. The van der Waals surface area contributed by atoms with Crippen LogP contribution in [0.15, 0.2) is 18.2 Å². The van der Waals surface area contributed by atoms with Crippen LogP contribution >= 0.6 is 12.6 Å². The van der Waals surface area contributed by atoms with Gasteiger partial charge in [-0.05, 0) is 42.4 Å². The summed E-state index contributed by atoms with van der Waals surface area (Å²) in [5.74, 6) is 1.23. The van der Waals surface area contributed by atoms with Crippen molar-refractivity contribution in [3.63, 3.8) is 0 Å². The summed E-state index contributed by atoms with van der Waals surface area (Å²) in [5, 5.41) is 19.6. The van der Waals surface area contributed by atoms with E-state index in [2.05, 4.69) is 12.6 Å². The lowest BCUT2D eigenvalue weighted by atomic mass is 10.0. The first-order valence-corrected chi connectivity index (χ1v) is 5.84. The quantitative estimate of drug-likeness (QED) is 0.689. The van der Waals surface area contributed by atoms with Gasteiger partial charge in [0.05, 0.1) is 13.2 Å². The first-order chi connectivity index (χ1) is 7.58. The van der Waals surface area contributed by atoms with E-state index in [4.69, 9.17) is 4.74 Å². The number of methoxy groups -OCH3 is 1. The van der Waals surface area contributed by atoms with Crippen LogP contribution in [0.5, 0.6) is 5.75 Å². The van der Waals surface area contributed by atoms with Gasteiger partial charge in [0, 0.05) is 0 Å². The molecule has 90 valence electrons. The highest BCUT2D eigenvalue weighted by Crippen LogP contribution is 2.25. The molecule has 0 amide bonds. The first-order valence-electron chi connectivity index (χ1n) is 5.21. The molecule has 1 aromatic carbocycles. The zero-order valence-corrected chi connectivity index (χ0v) is 10.4. The molecule has 0 saturated carbocycles. The Kier molecular flexibility index (Phi) is 5.12. The van der Waals surface area contributed by atoms with Gasteiger partial charge in [0.1, 0.15) is 11.9 Å². The average Bonchev–Trinajstić information content (AvgIpc) is 2.27. The molecule has 0 aliphatic carbocycles. The van der Waals surface area contributed by atoms with Crippen molar-refractivity contribution in [3.05, 3.63) is 29.3 Å². The summed E-state index contributed by atoms with van der Waals surface area (Å²) in [6.07, 6.45) is -1.22. The Morgan fingerprint density at radius 3 is 2.56 bits per heavy atom. The summed E-state index contributed by atoms with van der Waals surface area (Å²) >= 11 is 4.03. The van der Waals surface area contributed by atoms with Crippen molar-refractivity contribution in [2.45, 2.75) is 25.6 Å². The third-order valence-corrected chi connectivity index (χ3v) is 2.70. The van der Waals surface area contributed by atoms with E-state index in [1.54, 1.807) is 13.2 Å². The zero-order chi connectivity index (χ0) is 12.1. The lowest BCUT2D eigenvalue weighted by Crippen LogP contribution is -2.18. The molecule has 0 aliphatic rings. The second-order valence-electron chi connectivity index (χ2n) is 3.81. The first kappa shape index (κ1) is 13.4. The molecule has 2 unspecified atom stereocenters. The smallest absolute Gasteiger partial charge is 0.119 e. The van der Waals surface area contributed by atoms with E-state index in [9.17, 15) is 10.2 Å². The summed E-state index contributed by atoms with van der Waals surface area (Å²) in [7, 11) is 1.58. The highest BCUT2D eigenvalue weighted by molar-refractivity contribution is 7.80. The van der Waals surface area contributed by atoms with Crippen molar-refractivity contribution in [3.8, 4) is 5.75 Å². The zero-order valence-electron chi connectivity index (χ0n) is 9.55. The topological polar surface area (TPSA) is 49.7 Å². The summed E-state index contributed by atoms with van der Waals surface area (Å²) in [5.41, 5.74) is 1.66. The largest absolute Gasteiger partial charge is 0.497 e. The fraction of sp³-hybridized carbons (Fsp3) is 0.500. The van der Waals surface area contributed by atoms with Crippen LogP contribution in [0.4, 0.5) is 0 Å². The molecule has 0 radical (unpaired) electrons. The monoisotopic (exact) mass is 242 g/mol. The van der Waals surface area contributed by atoms with Crippen molar-refractivity contribution >= 4 is 12.6 Å². The molecule has 0 bridgehead atoms. The van der Waals surface area contributed by atoms with E-state index in [0.717, 1.165) is 5.56 Å². The van der Waals surface area contributed by atoms with Crippen LogP contribution in [0.1, 0.15) is 23.7 Å². The summed E-state index contributed by atoms with van der Waals surface area (Å²) in [6, 6.07) is 5.45. The third-order valence-electron chi connectivity index (χ3n) is 2.44. The predicted octanol–water partition coefficient (Wildman–Crippen LogP) is 1.72. The van der Waals surface area contributed by atoms with Crippen molar-refractivity contribution < 1.29 is 14.9 Å². The van der Waals surface area contributed by atoms with E-state index in [0.29, 0.717) is 23.5 Å². The minimum Gasteiger partial charge on any atom is -0.497 e. The van der Waals surface area contributed by atoms with E-state index >= 15 is 0 Å². The number of thiol groups is 1. The molecule has 4 heteroatoms. The minimum atomic E-state index is -0.888. The Morgan fingerprint density at radius 2 is 2.00 bits per heavy atom. The van der Waals surface area contributed by atoms with Gasteiger partial charge >= 0.3 is 0 Å². The number of hydrogen-bond acceptors (Lipinski definition) is 4. The molecule has 0 saturated heterocycles. The Bertz CT molecular complexity index is 341. The van der Waals surface area contributed by atoms with Crippen molar-refractivity contribution in [1.29, 1.82) is 0 Å². The molecule has 0 aliphatic heterocycles. The molecule has 0 fully saturated rings. The fourth-order valence-electron chi connectivity index (χ4n) is 1.58. The standard InChI is InChI=1S/C12H18O3S/c1-8-5-9(7-10(6-8)15-2)12(14)11(13)3-4-16/h5-7,11-14,16H,3-4H2,1-2H3. The third kappa shape index (κ3) is 3.40. The molecule has 2 N–H and O–H groups in total. The van der Waals surface area contributed by atoms with Crippen molar-refractivity contribution in [2.75, 3.05) is 12.9 Å². The van der Waals surface area contributed by atoms with Crippen molar-refractivity contribution in [2.24, 2.45) is 0 Å². The van der Waals surface area contributed by atoms with Crippen molar-refractivity contribution in [1.82, 2.24) is 0 Å². The number of aliphatic hydroxyl groups excluding tert-OH is 2. The molecule has 1 rings (SSSR count). The van der Waals surface area contributed by atoms with Gasteiger partial charge in [0.2, 0.25) is 0 Å². The van der Waals surface area contributed by atoms with Crippen LogP contribution in [-0.4, -0.2) is 29.2 Å². The van der Waals surface area contributed by atoms with E-state index in [1.807, 2.05) is 19.1 Å². The number of aliphatic hydroxyl groups is 2. The lowest BCUT2D eigenvalue weighted by molar-refractivity contribution is 0.0171. The average molecular weight is 242 g/mol. The van der Waals surface area contributed by atoms with Crippen LogP contribution in [0, 0.1) is 6.92 Å². The van der Waals surface area contributed by atoms with Gasteiger partial charge in [0.15, 0.2) is 0 Å². The molecule has 16 heavy (non-hydrogen) atoms. The molecular weight excluding hydrogens is 224 g/mol. The van der Waals surface area contributed by atoms with Gasteiger partial charge < -0.3 is 14.9 Å². The minimum absolute atomic E-state index is 0.459. The summed E-state index contributed by atoms with van der Waals surface area (Å²) in [4.78, 5) is 0. The van der Waals surface area contributed by atoms with Crippen LogP contribution in [0.2, 0.25) is 0 Å². The highest BCUT2D eigenvalue weighted by Gasteiger charge is 2.18. The molecule has 0 heterocycles. The summed E-state index contributed by atoms with van der Waals surface area (Å²) in [6.45, 7) is 1.92. The van der Waals surface area contributed by atoms with Crippen LogP contribution < -0.4 is 4.74 Å². The van der Waals surface area contributed by atoms with E-state index < -0.39 is 12.2 Å². The maximum Gasteiger partial charge on any atom is 0.119 e. The maximum absolute atomic E-state index is 9.93. The second kappa shape index (κ2) is 6.13. The maximum atomic E-state index is 9.93. The number of aryl methyl sites for hydroxylation is 1. The Balaban J connectivity index is 2.89. The lowest BCUT2D eigenvalue weighted by Gasteiger charge is -2.18. The number of rotatable bonds is 5. The number of hydrogen-bond donors (Lipinski definition) is 3. The second-order valence-corrected chi connectivity index (χ2v) is 4.26. The highest BCUT2D eigenvalue weighted by atomic mass is 32.1. The van der Waals surface area contributed by atoms with E-state index in [1.165, 1.54) is 0 Å². The molecule has 2 atom stereocenters. The molecule has 3 nitrogen and oxygen atoms in total. The van der Waals surface area contributed by atoms with E-state index in [-0.39, 0.29) is 0 Å². The Hall–Kier alpha value is -0.710. The normalized spacial score (nSPS) is 14.6. The molecule has 1 aromatic rings. The summed E-state index contributed by atoms with van der Waals surface area (Å²) < 4.78 is 5.12. The van der Waals surface area contributed by atoms with Gasteiger partial charge in [0.25, 0.3) is 0 Å². The van der Waals surface area contributed by atoms with Gasteiger partial charge in [-0.2, -0.15) is 12.6 Å². The molecular formula is C12H18O3S. The van der Waals surface area contributed by atoms with Crippen LogP contribution in [-0.2, 0) is 0 Å². The SMILES string of the molecule is COc1cc(C)cc(C(O)C(O)CCS)c1. The van der Waals surface area contributed by atoms with Gasteiger partial charge in [-0.15, -0.1) is 0 Å².